The van der Waals surface area contributed by atoms with Crippen LogP contribution in [0.4, 0.5) is 0 Å². The number of hydrogen-bond donors (Lipinski definition) is 0. The lowest BCUT2D eigenvalue weighted by Crippen LogP contribution is -2.39. The van der Waals surface area contributed by atoms with Crippen molar-refractivity contribution in [2.45, 2.75) is 38.6 Å². The molecule has 0 saturated carbocycles. The van der Waals surface area contributed by atoms with E-state index in [1.807, 2.05) is 7.05 Å². The lowest BCUT2D eigenvalue weighted by molar-refractivity contribution is -0.144. The van der Waals surface area contributed by atoms with Gasteiger partial charge in [0, 0.05) is 25.7 Å². The predicted octanol–water partition coefficient (Wildman–Crippen LogP) is 1.01. The number of ketones is 1. The fourth-order valence-corrected chi connectivity index (χ4v) is 2.09. The molecule has 0 radical (unpaired) electrons. The zero-order valence-electron chi connectivity index (χ0n) is 11.3. The summed E-state index contributed by atoms with van der Waals surface area (Å²) in [6.07, 6.45) is 2.41. The van der Waals surface area contributed by atoms with E-state index < -0.39 is 0 Å². The van der Waals surface area contributed by atoms with Crippen molar-refractivity contribution >= 4 is 11.8 Å². The van der Waals surface area contributed by atoms with Gasteiger partial charge in [0.25, 0.3) is 0 Å². The van der Waals surface area contributed by atoms with Crippen LogP contribution in [0, 0.1) is 0 Å². The van der Waals surface area contributed by atoms with E-state index >= 15 is 0 Å². The molecule has 0 amide bonds. The highest BCUT2D eigenvalue weighted by Crippen LogP contribution is 2.12. The Morgan fingerprint density at radius 1 is 1.28 bits per heavy atom. The van der Waals surface area contributed by atoms with Crippen molar-refractivity contribution in [3.63, 3.8) is 0 Å². The molecule has 1 aliphatic heterocycles. The first-order valence-electron chi connectivity index (χ1n) is 6.58. The second-order valence-corrected chi connectivity index (χ2v) is 4.60. The molecule has 104 valence electrons. The SMILES string of the molecule is CCOC(=O)CCC(=O)CN(C)C1CCOCC1. The molecule has 0 atom stereocenters. The van der Waals surface area contributed by atoms with Crippen LogP contribution in [0.25, 0.3) is 0 Å². The summed E-state index contributed by atoms with van der Waals surface area (Å²) in [6, 6.07) is 0.422. The van der Waals surface area contributed by atoms with E-state index in [-0.39, 0.29) is 24.6 Å². The average molecular weight is 257 g/mol. The predicted molar refractivity (Wildman–Crippen MR) is 67.3 cm³/mol. The number of carbonyl (C=O) groups excluding carboxylic acids is 2. The van der Waals surface area contributed by atoms with Crippen LogP contribution >= 0.6 is 0 Å². The van der Waals surface area contributed by atoms with E-state index in [9.17, 15) is 9.59 Å². The van der Waals surface area contributed by atoms with Crippen molar-refractivity contribution < 1.29 is 19.1 Å². The third-order valence-corrected chi connectivity index (χ3v) is 3.15. The fraction of sp³-hybridized carbons (Fsp3) is 0.846. The zero-order valence-corrected chi connectivity index (χ0v) is 11.3. The van der Waals surface area contributed by atoms with Gasteiger partial charge in [-0.3, -0.25) is 14.5 Å². The van der Waals surface area contributed by atoms with Crippen LogP contribution in [0.2, 0.25) is 0 Å². The van der Waals surface area contributed by atoms with Gasteiger partial charge in [0.2, 0.25) is 0 Å². The van der Waals surface area contributed by atoms with Gasteiger partial charge in [-0.2, -0.15) is 0 Å². The molecule has 0 unspecified atom stereocenters. The molecular weight excluding hydrogens is 234 g/mol. The number of hydrogen-bond acceptors (Lipinski definition) is 5. The third-order valence-electron chi connectivity index (χ3n) is 3.15. The maximum absolute atomic E-state index is 11.7. The van der Waals surface area contributed by atoms with Gasteiger partial charge < -0.3 is 9.47 Å². The molecule has 1 saturated heterocycles. The number of likely N-dealkylation sites (N-methyl/N-ethyl adjacent to an activating group) is 1. The van der Waals surface area contributed by atoms with Crippen LogP contribution in [-0.4, -0.2) is 56.1 Å². The molecular formula is C13H23NO4. The summed E-state index contributed by atoms with van der Waals surface area (Å²) < 4.78 is 10.1. The molecule has 18 heavy (non-hydrogen) atoms. The first-order valence-corrected chi connectivity index (χ1v) is 6.58. The molecule has 0 N–H and O–H groups in total. The summed E-state index contributed by atoms with van der Waals surface area (Å²) in [5.74, 6) is -0.198. The summed E-state index contributed by atoms with van der Waals surface area (Å²) >= 11 is 0. The molecule has 5 heteroatoms. The monoisotopic (exact) mass is 257 g/mol. The highest BCUT2D eigenvalue weighted by atomic mass is 16.5. The van der Waals surface area contributed by atoms with Crippen molar-refractivity contribution in [2.75, 3.05) is 33.4 Å². The van der Waals surface area contributed by atoms with E-state index in [0.29, 0.717) is 19.2 Å². The second-order valence-electron chi connectivity index (χ2n) is 4.60. The van der Waals surface area contributed by atoms with Crippen LogP contribution in [0.3, 0.4) is 0 Å². The Bertz CT molecular complexity index is 274. The van der Waals surface area contributed by atoms with E-state index in [2.05, 4.69) is 4.90 Å². The molecule has 0 aliphatic carbocycles. The summed E-state index contributed by atoms with van der Waals surface area (Å²) in [4.78, 5) is 24.9. The number of esters is 1. The lowest BCUT2D eigenvalue weighted by Gasteiger charge is -2.30. The Morgan fingerprint density at radius 3 is 2.56 bits per heavy atom. The summed E-state index contributed by atoms with van der Waals surface area (Å²) in [5, 5.41) is 0. The van der Waals surface area contributed by atoms with Crippen molar-refractivity contribution in [1.29, 1.82) is 0 Å². The highest BCUT2D eigenvalue weighted by Gasteiger charge is 2.20. The molecule has 0 aromatic carbocycles. The maximum atomic E-state index is 11.7. The Labute approximate surface area is 108 Å². The summed E-state index contributed by atoms with van der Waals surface area (Å²) in [5.41, 5.74) is 0. The molecule has 0 bridgehead atoms. The van der Waals surface area contributed by atoms with Gasteiger partial charge in [-0.1, -0.05) is 0 Å². The van der Waals surface area contributed by atoms with Gasteiger partial charge in [-0.25, -0.2) is 0 Å². The molecule has 0 aromatic heterocycles. The van der Waals surface area contributed by atoms with Gasteiger partial charge in [0.15, 0.2) is 0 Å². The molecule has 0 spiro atoms. The van der Waals surface area contributed by atoms with Gasteiger partial charge >= 0.3 is 5.97 Å². The second kappa shape index (κ2) is 8.21. The lowest BCUT2D eigenvalue weighted by atomic mass is 10.1. The van der Waals surface area contributed by atoms with Gasteiger partial charge in [-0.05, 0) is 26.8 Å². The average Bonchev–Trinajstić information content (AvgIpc) is 2.38. The first kappa shape index (κ1) is 15.1. The molecule has 1 aliphatic rings. The van der Waals surface area contributed by atoms with E-state index in [0.717, 1.165) is 26.1 Å². The van der Waals surface area contributed by atoms with Crippen LogP contribution in [0.1, 0.15) is 32.6 Å². The number of carbonyl (C=O) groups is 2. The Morgan fingerprint density at radius 2 is 1.94 bits per heavy atom. The molecule has 1 fully saturated rings. The quantitative estimate of drug-likeness (QED) is 0.637. The topological polar surface area (TPSA) is 55.8 Å². The number of ether oxygens (including phenoxy) is 2. The molecule has 0 aromatic rings. The molecule has 1 heterocycles. The van der Waals surface area contributed by atoms with Crippen LogP contribution < -0.4 is 0 Å². The van der Waals surface area contributed by atoms with Gasteiger partial charge in [0.05, 0.1) is 19.6 Å². The highest BCUT2D eigenvalue weighted by molar-refractivity contribution is 5.84. The normalized spacial score (nSPS) is 16.8. The van der Waals surface area contributed by atoms with Crippen LogP contribution in [-0.2, 0) is 19.1 Å². The maximum Gasteiger partial charge on any atom is 0.306 e. The van der Waals surface area contributed by atoms with Crippen molar-refractivity contribution in [2.24, 2.45) is 0 Å². The molecule has 5 nitrogen and oxygen atoms in total. The van der Waals surface area contributed by atoms with Crippen molar-refractivity contribution in [1.82, 2.24) is 4.90 Å². The van der Waals surface area contributed by atoms with Crippen LogP contribution in [0.5, 0.6) is 0 Å². The largest absolute Gasteiger partial charge is 0.466 e. The number of rotatable bonds is 7. The number of nitrogens with zero attached hydrogens (tertiary/aromatic N) is 1. The minimum atomic E-state index is -0.292. The van der Waals surface area contributed by atoms with E-state index in [1.54, 1.807) is 6.92 Å². The van der Waals surface area contributed by atoms with E-state index in [4.69, 9.17) is 9.47 Å². The Kier molecular flexibility index (Phi) is 6.90. The third kappa shape index (κ3) is 5.60. The molecule has 1 rings (SSSR count). The van der Waals surface area contributed by atoms with Gasteiger partial charge in [-0.15, -0.1) is 0 Å². The Hall–Kier alpha value is -0.940. The first-order chi connectivity index (χ1) is 8.63. The van der Waals surface area contributed by atoms with Crippen LogP contribution in [0.15, 0.2) is 0 Å². The number of Topliss-reactive ketones (excluding diaryl/α,β-unsaturated/α-hetero) is 1. The van der Waals surface area contributed by atoms with Crippen molar-refractivity contribution in [3.05, 3.63) is 0 Å². The zero-order chi connectivity index (χ0) is 13.4. The summed E-state index contributed by atoms with van der Waals surface area (Å²) in [7, 11) is 1.96. The van der Waals surface area contributed by atoms with Crippen molar-refractivity contribution in [3.8, 4) is 0 Å². The summed E-state index contributed by atoms with van der Waals surface area (Å²) in [6.45, 7) is 4.08. The smallest absolute Gasteiger partial charge is 0.306 e. The standard InChI is InChI=1S/C13H23NO4/c1-3-18-13(16)5-4-12(15)10-14(2)11-6-8-17-9-7-11/h11H,3-10H2,1-2H3. The fourth-order valence-electron chi connectivity index (χ4n) is 2.09. The van der Waals surface area contributed by atoms with Gasteiger partial charge in [0.1, 0.15) is 5.78 Å². The Balaban J connectivity index is 2.20. The minimum absolute atomic E-state index is 0.0945. The van der Waals surface area contributed by atoms with E-state index in [1.165, 1.54) is 0 Å². The minimum Gasteiger partial charge on any atom is -0.466 e.